The highest BCUT2D eigenvalue weighted by molar-refractivity contribution is 5.23. The largest absolute Gasteiger partial charge is 0.327 e. The Morgan fingerprint density at radius 3 is 2.11 bits per heavy atom. The Morgan fingerprint density at radius 2 is 1.61 bits per heavy atom. The molecule has 0 aliphatic heterocycles. The quantitative estimate of drug-likeness (QED) is 0.830. The fourth-order valence-corrected chi connectivity index (χ4v) is 3.45. The molecule has 1 fully saturated rings. The molecule has 1 saturated carbocycles. The van der Waals surface area contributed by atoms with Gasteiger partial charge in [0.2, 0.25) is 0 Å². The van der Waals surface area contributed by atoms with E-state index in [1.807, 2.05) is 0 Å². The van der Waals surface area contributed by atoms with Gasteiger partial charge in [-0.2, -0.15) is 0 Å². The van der Waals surface area contributed by atoms with Gasteiger partial charge < -0.3 is 5.73 Å². The summed E-state index contributed by atoms with van der Waals surface area (Å²) in [5.74, 6) is 0. The van der Waals surface area contributed by atoms with Crippen molar-refractivity contribution in [2.45, 2.75) is 64.8 Å². The number of rotatable bonds is 5. The van der Waals surface area contributed by atoms with Crippen molar-refractivity contribution in [2.75, 3.05) is 0 Å². The summed E-state index contributed by atoms with van der Waals surface area (Å²) < 4.78 is 0. The summed E-state index contributed by atoms with van der Waals surface area (Å²) in [6.07, 6.45) is 8.80. The topological polar surface area (TPSA) is 26.0 Å². The van der Waals surface area contributed by atoms with Gasteiger partial charge in [-0.15, -0.1) is 0 Å². The summed E-state index contributed by atoms with van der Waals surface area (Å²) in [4.78, 5) is 0. The molecule has 1 aliphatic rings. The zero-order chi connectivity index (χ0) is 13.0. The Labute approximate surface area is 112 Å². The minimum Gasteiger partial charge on any atom is -0.327 e. The van der Waals surface area contributed by atoms with Crippen molar-refractivity contribution in [3.05, 3.63) is 35.4 Å². The van der Waals surface area contributed by atoms with Crippen molar-refractivity contribution in [3.63, 3.8) is 0 Å². The molecule has 2 N–H and O–H groups in total. The summed E-state index contributed by atoms with van der Waals surface area (Å²) in [6, 6.07) is 9.34. The molecule has 1 nitrogen and oxygen atoms in total. The van der Waals surface area contributed by atoms with Crippen LogP contribution >= 0.6 is 0 Å². The SMILES string of the molecule is CCc1ccc(CC(N)C2(CC)CCCC2)cc1. The first-order chi connectivity index (χ1) is 8.70. The van der Waals surface area contributed by atoms with E-state index in [1.54, 1.807) is 0 Å². The lowest BCUT2D eigenvalue weighted by atomic mass is 9.74. The lowest BCUT2D eigenvalue weighted by Crippen LogP contribution is -2.41. The van der Waals surface area contributed by atoms with Crippen LogP contribution in [0, 0.1) is 5.41 Å². The minimum absolute atomic E-state index is 0.331. The van der Waals surface area contributed by atoms with E-state index in [0.29, 0.717) is 11.5 Å². The second-order valence-corrected chi connectivity index (χ2v) is 5.90. The molecular weight excluding hydrogens is 218 g/mol. The van der Waals surface area contributed by atoms with Gasteiger partial charge in [-0.05, 0) is 48.6 Å². The van der Waals surface area contributed by atoms with Crippen molar-refractivity contribution < 1.29 is 0 Å². The van der Waals surface area contributed by atoms with Crippen molar-refractivity contribution in [2.24, 2.45) is 11.1 Å². The molecule has 1 unspecified atom stereocenters. The van der Waals surface area contributed by atoms with E-state index < -0.39 is 0 Å². The standard InChI is InChI=1S/C17H27N/c1-3-14-7-9-15(10-8-14)13-16(18)17(4-2)11-5-6-12-17/h7-10,16H,3-6,11-13,18H2,1-2H3. The Morgan fingerprint density at radius 1 is 1.06 bits per heavy atom. The number of nitrogens with two attached hydrogens (primary N) is 1. The first-order valence-electron chi connectivity index (χ1n) is 7.53. The van der Waals surface area contributed by atoms with Gasteiger partial charge in [0.15, 0.2) is 0 Å². The van der Waals surface area contributed by atoms with Gasteiger partial charge in [0.05, 0.1) is 0 Å². The Hall–Kier alpha value is -0.820. The second-order valence-electron chi connectivity index (χ2n) is 5.90. The highest BCUT2D eigenvalue weighted by atomic mass is 14.7. The third kappa shape index (κ3) is 2.77. The molecule has 0 spiro atoms. The maximum Gasteiger partial charge on any atom is 0.0136 e. The van der Waals surface area contributed by atoms with Gasteiger partial charge in [-0.1, -0.05) is 51.0 Å². The van der Waals surface area contributed by atoms with Gasteiger partial charge in [0.1, 0.15) is 0 Å². The molecule has 2 rings (SSSR count). The fraction of sp³-hybridized carbons (Fsp3) is 0.647. The van der Waals surface area contributed by atoms with Crippen LogP contribution in [-0.4, -0.2) is 6.04 Å². The summed E-state index contributed by atoms with van der Waals surface area (Å²) >= 11 is 0. The van der Waals surface area contributed by atoms with E-state index in [4.69, 9.17) is 5.73 Å². The molecule has 0 radical (unpaired) electrons. The van der Waals surface area contributed by atoms with Crippen molar-refractivity contribution in [1.82, 2.24) is 0 Å². The predicted octanol–water partition coefficient (Wildman–Crippen LogP) is 4.09. The van der Waals surface area contributed by atoms with Crippen LogP contribution in [0.5, 0.6) is 0 Å². The van der Waals surface area contributed by atoms with E-state index in [1.165, 1.54) is 43.2 Å². The first-order valence-corrected chi connectivity index (χ1v) is 7.53. The molecule has 0 saturated heterocycles. The van der Waals surface area contributed by atoms with E-state index in [2.05, 4.69) is 38.1 Å². The zero-order valence-electron chi connectivity index (χ0n) is 11.9. The first kappa shape index (κ1) is 13.6. The molecule has 0 aromatic heterocycles. The molecule has 1 aromatic rings. The van der Waals surface area contributed by atoms with Crippen LogP contribution in [0.4, 0.5) is 0 Å². The average molecular weight is 245 g/mol. The maximum absolute atomic E-state index is 6.53. The van der Waals surface area contributed by atoms with Crippen LogP contribution in [-0.2, 0) is 12.8 Å². The Bertz CT molecular complexity index is 360. The third-order valence-corrected chi connectivity index (χ3v) is 4.98. The molecule has 1 aliphatic carbocycles. The third-order valence-electron chi connectivity index (χ3n) is 4.98. The van der Waals surface area contributed by atoms with Gasteiger partial charge in [-0.25, -0.2) is 0 Å². The molecular formula is C17H27N. The van der Waals surface area contributed by atoms with Gasteiger partial charge in [0, 0.05) is 6.04 Å². The number of aryl methyl sites for hydroxylation is 1. The predicted molar refractivity (Wildman–Crippen MR) is 78.7 cm³/mol. The molecule has 1 atom stereocenters. The van der Waals surface area contributed by atoms with Crippen LogP contribution in [0.3, 0.4) is 0 Å². The summed E-state index contributed by atoms with van der Waals surface area (Å²) in [6.45, 7) is 4.51. The summed E-state index contributed by atoms with van der Waals surface area (Å²) in [5.41, 5.74) is 9.76. The molecule has 18 heavy (non-hydrogen) atoms. The van der Waals surface area contributed by atoms with Gasteiger partial charge in [-0.3, -0.25) is 0 Å². The monoisotopic (exact) mass is 245 g/mol. The number of hydrogen-bond donors (Lipinski definition) is 1. The van der Waals surface area contributed by atoms with E-state index >= 15 is 0 Å². The van der Waals surface area contributed by atoms with Crippen LogP contribution < -0.4 is 5.73 Å². The Balaban J connectivity index is 2.03. The van der Waals surface area contributed by atoms with Crippen molar-refractivity contribution in [3.8, 4) is 0 Å². The second kappa shape index (κ2) is 5.88. The fourth-order valence-electron chi connectivity index (χ4n) is 3.45. The van der Waals surface area contributed by atoms with E-state index in [0.717, 1.165) is 12.8 Å². The number of hydrogen-bond acceptors (Lipinski definition) is 1. The van der Waals surface area contributed by atoms with Crippen molar-refractivity contribution >= 4 is 0 Å². The van der Waals surface area contributed by atoms with Crippen LogP contribution in [0.2, 0.25) is 0 Å². The van der Waals surface area contributed by atoms with Crippen LogP contribution in [0.15, 0.2) is 24.3 Å². The lowest BCUT2D eigenvalue weighted by Gasteiger charge is -2.34. The minimum atomic E-state index is 0.331. The van der Waals surface area contributed by atoms with Gasteiger partial charge >= 0.3 is 0 Å². The highest BCUT2D eigenvalue weighted by Gasteiger charge is 2.37. The molecule has 0 bridgehead atoms. The molecule has 0 heterocycles. The Kier molecular flexibility index (Phi) is 4.45. The average Bonchev–Trinajstić information content (AvgIpc) is 2.89. The number of benzene rings is 1. The highest BCUT2D eigenvalue weighted by Crippen LogP contribution is 2.43. The van der Waals surface area contributed by atoms with E-state index in [-0.39, 0.29) is 0 Å². The van der Waals surface area contributed by atoms with Crippen LogP contribution in [0.25, 0.3) is 0 Å². The summed E-state index contributed by atoms with van der Waals surface area (Å²) in [7, 11) is 0. The lowest BCUT2D eigenvalue weighted by molar-refractivity contribution is 0.219. The normalized spacial score (nSPS) is 19.9. The molecule has 1 aromatic carbocycles. The van der Waals surface area contributed by atoms with Crippen LogP contribution in [0.1, 0.15) is 57.1 Å². The molecule has 1 heteroatoms. The smallest absolute Gasteiger partial charge is 0.0136 e. The van der Waals surface area contributed by atoms with E-state index in [9.17, 15) is 0 Å². The van der Waals surface area contributed by atoms with Gasteiger partial charge in [0.25, 0.3) is 0 Å². The van der Waals surface area contributed by atoms with Crippen molar-refractivity contribution in [1.29, 1.82) is 0 Å². The summed E-state index contributed by atoms with van der Waals surface area (Å²) in [5, 5.41) is 0. The molecule has 0 amide bonds. The molecule has 100 valence electrons. The maximum atomic E-state index is 6.53. The zero-order valence-corrected chi connectivity index (χ0v) is 11.9.